The van der Waals surface area contributed by atoms with E-state index >= 15 is 4.39 Å². The topological polar surface area (TPSA) is 145 Å². The molecule has 1 saturated carbocycles. The Morgan fingerprint density at radius 1 is 0.840 bits per heavy atom. The maximum Gasteiger partial charge on any atom is 0.240 e. The van der Waals surface area contributed by atoms with Gasteiger partial charge in [-0.2, -0.15) is 0 Å². The van der Waals surface area contributed by atoms with Crippen molar-refractivity contribution in [2.75, 3.05) is 36.6 Å². The van der Waals surface area contributed by atoms with Crippen molar-refractivity contribution in [2.24, 2.45) is 5.41 Å². The zero-order valence-electron chi connectivity index (χ0n) is 27.5. The molecule has 1 aliphatic rings. The molecule has 0 saturated heterocycles. The zero-order chi connectivity index (χ0) is 35.7. The number of halogens is 2. The number of thioether (sulfide) groups is 1. The second kappa shape index (κ2) is 16.4. The second-order valence-electron chi connectivity index (χ2n) is 11.6. The summed E-state index contributed by atoms with van der Waals surface area (Å²) in [7, 11) is 1.50. The molecule has 3 N–H and O–H groups in total. The molecule has 1 heterocycles. The van der Waals surface area contributed by atoms with Crippen molar-refractivity contribution in [1.82, 2.24) is 10.3 Å². The van der Waals surface area contributed by atoms with Gasteiger partial charge < -0.3 is 30.2 Å². The van der Waals surface area contributed by atoms with Gasteiger partial charge in [0.05, 0.1) is 25.0 Å². The summed E-state index contributed by atoms with van der Waals surface area (Å²) in [5.74, 6) is -1.20. The molecule has 0 aliphatic heterocycles. The highest BCUT2D eigenvalue weighted by atomic mass is 32.2. The Morgan fingerprint density at radius 3 is 2.24 bits per heavy atom. The van der Waals surface area contributed by atoms with Gasteiger partial charge in [0, 0.05) is 48.6 Å². The minimum atomic E-state index is -1.30. The Kier molecular flexibility index (Phi) is 11.9. The number of carbonyl (C=O) groups excluding carboxylic acids is 4. The van der Waals surface area contributed by atoms with Crippen molar-refractivity contribution in [3.05, 3.63) is 78.5 Å². The third-order valence-electron chi connectivity index (χ3n) is 7.93. The summed E-state index contributed by atoms with van der Waals surface area (Å²) in [6.07, 6.45) is 4.48. The maximum atomic E-state index is 15.3. The average molecular weight is 707 g/mol. The number of methoxy groups -OCH3 is 1. The van der Waals surface area contributed by atoms with Gasteiger partial charge in [0.25, 0.3) is 0 Å². The molecule has 0 atom stereocenters. The van der Waals surface area contributed by atoms with E-state index < -0.39 is 28.9 Å². The van der Waals surface area contributed by atoms with Gasteiger partial charge in [-0.15, -0.1) is 0 Å². The first-order valence-electron chi connectivity index (χ1n) is 15.9. The summed E-state index contributed by atoms with van der Waals surface area (Å²) >= 11 is 0.978. The monoisotopic (exact) mass is 706 g/mol. The van der Waals surface area contributed by atoms with E-state index in [-0.39, 0.29) is 28.2 Å². The number of benzene rings is 3. The second-order valence-corrected chi connectivity index (χ2v) is 12.8. The molecule has 50 heavy (non-hydrogen) atoms. The van der Waals surface area contributed by atoms with Crippen molar-refractivity contribution in [3.8, 4) is 23.0 Å². The minimum Gasteiger partial charge on any atom is -0.493 e. The Bertz CT molecular complexity index is 1890. The van der Waals surface area contributed by atoms with E-state index in [9.17, 15) is 23.6 Å². The van der Waals surface area contributed by atoms with Crippen LogP contribution in [0, 0.1) is 17.0 Å². The number of pyridine rings is 1. The summed E-state index contributed by atoms with van der Waals surface area (Å²) in [5, 5.41) is 8.50. The Morgan fingerprint density at radius 2 is 1.56 bits per heavy atom. The summed E-state index contributed by atoms with van der Waals surface area (Å²) in [6, 6.07) is 14.2. The third kappa shape index (κ3) is 9.26. The number of hydrogen-bond acceptors (Lipinski definition) is 9. The number of carbonyl (C=O) groups is 4. The number of unbranched alkanes of at least 4 members (excludes halogenated alkanes) is 2. The summed E-state index contributed by atoms with van der Waals surface area (Å²) in [4.78, 5) is 53.0. The molecule has 11 nitrogen and oxygen atoms in total. The number of amides is 3. The predicted molar refractivity (Wildman–Crippen MR) is 186 cm³/mol. The smallest absolute Gasteiger partial charge is 0.240 e. The van der Waals surface area contributed by atoms with Crippen molar-refractivity contribution in [1.29, 1.82) is 0 Å². The number of anilines is 2. The van der Waals surface area contributed by atoms with E-state index in [4.69, 9.17) is 14.2 Å². The molecule has 1 aromatic heterocycles. The molecule has 1 aliphatic carbocycles. The number of rotatable bonds is 16. The van der Waals surface area contributed by atoms with Crippen LogP contribution in [0.4, 0.5) is 20.2 Å². The van der Waals surface area contributed by atoms with Gasteiger partial charge in [0.15, 0.2) is 28.2 Å². The Labute approximate surface area is 291 Å². The van der Waals surface area contributed by atoms with Crippen LogP contribution in [0.3, 0.4) is 0 Å². The van der Waals surface area contributed by atoms with Crippen molar-refractivity contribution >= 4 is 56.9 Å². The standard InChI is InChI=1S/C36H36F2N4O7S/c1-22(43)50-21-33(44)40-15-4-3-5-17-48-32-20-28-26(19-31(32)47-2)29(12-16-39-28)49-30-11-10-25(18-27(30)38)42-35(46)36(13-14-36)34(45)41-24-8-6-23(37)7-9-24/h6-12,16,18-20H,3-5,13-15,17,21H2,1-2H3,(H,40,44)(H,41,45)(H,42,46). The van der Waals surface area contributed by atoms with Crippen LogP contribution < -0.4 is 30.2 Å². The average Bonchev–Trinajstić information content (AvgIpc) is 3.91. The van der Waals surface area contributed by atoms with E-state index in [1.54, 1.807) is 18.2 Å². The van der Waals surface area contributed by atoms with Gasteiger partial charge in [-0.3, -0.25) is 24.2 Å². The lowest BCUT2D eigenvalue weighted by molar-refractivity contribution is -0.131. The van der Waals surface area contributed by atoms with Crippen LogP contribution in [0.5, 0.6) is 23.0 Å². The molecule has 14 heteroatoms. The van der Waals surface area contributed by atoms with Gasteiger partial charge >= 0.3 is 0 Å². The van der Waals surface area contributed by atoms with Crippen LogP contribution in [0.1, 0.15) is 39.0 Å². The molecular weight excluding hydrogens is 670 g/mol. The Hall–Kier alpha value is -5.24. The number of fused-ring (bicyclic) bond motifs is 1. The number of nitrogens with zero attached hydrogens (tertiary/aromatic N) is 1. The first kappa shape index (κ1) is 36.1. The van der Waals surface area contributed by atoms with Crippen molar-refractivity contribution < 1.29 is 42.2 Å². The van der Waals surface area contributed by atoms with Gasteiger partial charge in [0.1, 0.15) is 17.0 Å². The molecule has 5 rings (SSSR count). The molecular formula is C36H36F2N4O7S. The molecule has 262 valence electrons. The number of aromatic nitrogens is 1. The predicted octanol–water partition coefficient (Wildman–Crippen LogP) is 6.62. The van der Waals surface area contributed by atoms with Crippen LogP contribution in [0.15, 0.2) is 66.9 Å². The molecule has 3 aromatic carbocycles. The van der Waals surface area contributed by atoms with Gasteiger partial charge in [-0.05, 0) is 80.6 Å². The van der Waals surface area contributed by atoms with Crippen molar-refractivity contribution in [2.45, 2.75) is 39.0 Å². The lowest BCUT2D eigenvalue weighted by Crippen LogP contribution is -2.35. The van der Waals surface area contributed by atoms with Gasteiger partial charge in [0.2, 0.25) is 17.7 Å². The van der Waals surface area contributed by atoms with E-state index in [0.717, 1.165) is 37.1 Å². The fourth-order valence-electron chi connectivity index (χ4n) is 5.02. The van der Waals surface area contributed by atoms with Gasteiger partial charge in [-0.25, -0.2) is 8.78 Å². The van der Waals surface area contributed by atoms with Crippen LogP contribution in [0.25, 0.3) is 10.9 Å². The highest BCUT2D eigenvalue weighted by Crippen LogP contribution is 2.47. The lowest BCUT2D eigenvalue weighted by Gasteiger charge is -2.16. The first-order valence-corrected chi connectivity index (χ1v) is 16.9. The molecule has 1 fully saturated rings. The Balaban J connectivity index is 1.16. The molecule has 0 spiro atoms. The highest BCUT2D eigenvalue weighted by molar-refractivity contribution is 8.14. The fourth-order valence-corrected chi connectivity index (χ4v) is 5.45. The fraction of sp³-hybridized carbons (Fsp3) is 0.306. The normalized spacial score (nSPS) is 12.9. The first-order chi connectivity index (χ1) is 24.1. The van der Waals surface area contributed by atoms with E-state index in [2.05, 4.69) is 20.9 Å². The molecule has 0 bridgehead atoms. The van der Waals surface area contributed by atoms with E-state index in [1.807, 2.05) is 0 Å². The van der Waals surface area contributed by atoms with Gasteiger partial charge in [-0.1, -0.05) is 11.8 Å². The lowest BCUT2D eigenvalue weighted by atomic mass is 10.0. The highest BCUT2D eigenvalue weighted by Gasteiger charge is 2.56. The third-order valence-corrected chi connectivity index (χ3v) is 8.74. The molecule has 4 aromatic rings. The van der Waals surface area contributed by atoms with Crippen LogP contribution >= 0.6 is 11.8 Å². The summed E-state index contributed by atoms with van der Waals surface area (Å²) in [6.45, 7) is 2.34. The minimum absolute atomic E-state index is 0.0953. The molecule has 0 radical (unpaired) electrons. The number of ether oxygens (including phenoxy) is 3. The SMILES string of the molecule is COc1cc2c(Oc3ccc(NC(=O)C4(C(=O)Nc5ccc(F)cc5)CC4)cc3F)ccnc2cc1OCCCCCNC(=O)CSC(C)=O. The van der Waals surface area contributed by atoms with Crippen LogP contribution in [-0.2, 0) is 19.2 Å². The largest absolute Gasteiger partial charge is 0.493 e. The summed E-state index contributed by atoms with van der Waals surface area (Å²) < 4.78 is 45.9. The molecule has 0 unspecified atom stereocenters. The summed E-state index contributed by atoms with van der Waals surface area (Å²) in [5.41, 5.74) is -0.254. The number of nitrogens with one attached hydrogen (secondary N) is 3. The van der Waals surface area contributed by atoms with Crippen LogP contribution in [0.2, 0.25) is 0 Å². The number of hydrogen-bond donors (Lipinski definition) is 3. The van der Waals surface area contributed by atoms with E-state index in [0.29, 0.717) is 59.8 Å². The van der Waals surface area contributed by atoms with Crippen LogP contribution in [-0.4, -0.2) is 53.8 Å². The quantitative estimate of drug-likeness (QED) is 0.0865. The zero-order valence-corrected chi connectivity index (χ0v) is 28.3. The van der Waals surface area contributed by atoms with Crippen molar-refractivity contribution in [3.63, 3.8) is 0 Å². The van der Waals surface area contributed by atoms with E-state index in [1.165, 1.54) is 56.6 Å². The molecule has 3 amide bonds. The maximum absolute atomic E-state index is 15.3.